The molecule has 25 heavy (non-hydrogen) atoms. The van der Waals surface area contributed by atoms with Gasteiger partial charge in [-0.15, -0.1) is 0 Å². The van der Waals surface area contributed by atoms with E-state index in [1.54, 1.807) is 24.3 Å². The van der Waals surface area contributed by atoms with Crippen LogP contribution in [0.3, 0.4) is 0 Å². The molecule has 1 aliphatic heterocycles. The Labute approximate surface area is 145 Å². The number of sulfone groups is 1. The van der Waals surface area contributed by atoms with Crippen LogP contribution in [0.4, 0.5) is 10.1 Å². The van der Waals surface area contributed by atoms with Crippen LogP contribution in [0.15, 0.2) is 60.0 Å². The minimum absolute atomic E-state index is 0.202. The number of halogens is 1. The van der Waals surface area contributed by atoms with Crippen molar-refractivity contribution in [1.82, 2.24) is 0 Å². The molecule has 1 aliphatic rings. The minimum Gasteiger partial charge on any atom is -0.497 e. The largest absolute Gasteiger partial charge is 0.497 e. The van der Waals surface area contributed by atoms with Crippen molar-refractivity contribution in [2.75, 3.05) is 17.8 Å². The predicted octanol–water partition coefficient (Wildman–Crippen LogP) is 2.79. The SMILES string of the molecule is COc1ccc(C(=O)N(c2ccc(F)cc2)C2C=CS(=O)(=O)C2)cc1. The molecule has 2 aromatic carbocycles. The molecule has 0 radical (unpaired) electrons. The normalized spacial score (nSPS) is 18.1. The monoisotopic (exact) mass is 361 g/mol. The van der Waals surface area contributed by atoms with Crippen LogP contribution in [0.1, 0.15) is 10.4 Å². The first-order valence-electron chi connectivity index (χ1n) is 7.54. The Morgan fingerprint density at radius 1 is 1.12 bits per heavy atom. The summed E-state index contributed by atoms with van der Waals surface area (Å²) >= 11 is 0. The van der Waals surface area contributed by atoms with Gasteiger partial charge in [0.2, 0.25) is 0 Å². The highest BCUT2D eigenvalue weighted by Crippen LogP contribution is 2.26. The lowest BCUT2D eigenvalue weighted by atomic mass is 10.1. The highest BCUT2D eigenvalue weighted by Gasteiger charge is 2.32. The van der Waals surface area contributed by atoms with Crippen LogP contribution in [0.2, 0.25) is 0 Å². The molecule has 0 bridgehead atoms. The zero-order valence-corrected chi connectivity index (χ0v) is 14.2. The van der Waals surface area contributed by atoms with Crippen LogP contribution in [0.5, 0.6) is 5.75 Å². The number of hydrogen-bond acceptors (Lipinski definition) is 4. The number of rotatable bonds is 4. The van der Waals surface area contributed by atoms with Crippen molar-refractivity contribution in [2.24, 2.45) is 0 Å². The van der Waals surface area contributed by atoms with Crippen LogP contribution in [-0.4, -0.2) is 33.2 Å². The fourth-order valence-electron chi connectivity index (χ4n) is 2.65. The first-order chi connectivity index (χ1) is 11.9. The molecule has 0 saturated heterocycles. The molecule has 1 unspecified atom stereocenters. The molecule has 0 saturated carbocycles. The summed E-state index contributed by atoms with van der Waals surface area (Å²) < 4.78 is 41.9. The lowest BCUT2D eigenvalue weighted by Gasteiger charge is -2.28. The summed E-state index contributed by atoms with van der Waals surface area (Å²) in [4.78, 5) is 14.4. The van der Waals surface area contributed by atoms with Gasteiger partial charge >= 0.3 is 0 Å². The summed E-state index contributed by atoms with van der Waals surface area (Å²) in [6.07, 6.45) is 1.47. The van der Waals surface area contributed by atoms with Crippen molar-refractivity contribution in [3.05, 3.63) is 71.4 Å². The molecule has 130 valence electrons. The maximum Gasteiger partial charge on any atom is 0.258 e. The molecule has 1 amide bonds. The zero-order chi connectivity index (χ0) is 18.0. The number of hydrogen-bond donors (Lipinski definition) is 0. The van der Waals surface area contributed by atoms with Gasteiger partial charge in [0.15, 0.2) is 9.84 Å². The van der Waals surface area contributed by atoms with Gasteiger partial charge in [0.25, 0.3) is 5.91 Å². The standard InChI is InChI=1S/C18H16FNO4S/c1-24-17-8-2-13(3-9-17)18(21)20(15-6-4-14(19)5-7-15)16-10-11-25(22,23)12-16/h2-11,16H,12H2,1H3. The van der Waals surface area contributed by atoms with Gasteiger partial charge < -0.3 is 9.64 Å². The summed E-state index contributed by atoms with van der Waals surface area (Å²) in [5.41, 5.74) is 0.803. The van der Waals surface area contributed by atoms with Gasteiger partial charge in [-0.25, -0.2) is 12.8 Å². The summed E-state index contributed by atoms with van der Waals surface area (Å²) in [5.74, 6) is -0.406. The highest BCUT2D eigenvalue weighted by molar-refractivity contribution is 7.94. The third-order valence-electron chi connectivity index (χ3n) is 3.90. The van der Waals surface area contributed by atoms with Crippen LogP contribution in [0.25, 0.3) is 0 Å². The molecular weight excluding hydrogens is 345 g/mol. The molecule has 1 heterocycles. The van der Waals surface area contributed by atoms with E-state index < -0.39 is 21.7 Å². The van der Waals surface area contributed by atoms with Gasteiger partial charge in [-0.3, -0.25) is 4.79 Å². The molecular formula is C18H16FNO4S. The number of benzene rings is 2. The Balaban J connectivity index is 1.99. The smallest absolute Gasteiger partial charge is 0.258 e. The first-order valence-corrected chi connectivity index (χ1v) is 9.25. The average Bonchev–Trinajstić information content (AvgIpc) is 2.96. The average molecular weight is 361 g/mol. The van der Waals surface area contributed by atoms with Gasteiger partial charge in [-0.05, 0) is 54.6 Å². The van der Waals surface area contributed by atoms with Gasteiger partial charge in [-0.2, -0.15) is 0 Å². The molecule has 5 nitrogen and oxygen atoms in total. The highest BCUT2D eigenvalue weighted by atomic mass is 32.2. The lowest BCUT2D eigenvalue weighted by Crippen LogP contribution is -2.41. The molecule has 7 heteroatoms. The van der Waals surface area contributed by atoms with Gasteiger partial charge in [-0.1, -0.05) is 0 Å². The molecule has 0 fully saturated rings. The number of carbonyl (C=O) groups excluding carboxylic acids is 1. The minimum atomic E-state index is -3.35. The van der Waals surface area contributed by atoms with Crippen LogP contribution < -0.4 is 9.64 Å². The van der Waals surface area contributed by atoms with Crippen molar-refractivity contribution >= 4 is 21.4 Å². The topological polar surface area (TPSA) is 63.7 Å². The summed E-state index contributed by atoms with van der Waals surface area (Å²) in [6, 6.07) is 11.2. The van der Waals surface area contributed by atoms with Crippen molar-refractivity contribution < 1.29 is 22.3 Å². The second-order valence-electron chi connectivity index (χ2n) is 5.61. The summed E-state index contributed by atoms with van der Waals surface area (Å²) in [6.45, 7) is 0. The number of carbonyl (C=O) groups is 1. The third-order valence-corrected chi connectivity index (χ3v) is 5.28. The number of methoxy groups -OCH3 is 1. The molecule has 0 spiro atoms. The molecule has 0 aromatic heterocycles. The fourth-order valence-corrected chi connectivity index (χ4v) is 3.92. The van der Waals surface area contributed by atoms with E-state index in [-0.39, 0.29) is 11.7 Å². The quantitative estimate of drug-likeness (QED) is 0.840. The van der Waals surface area contributed by atoms with Gasteiger partial charge in [0.05, 0.1) is 18.9 Å². The zero-order valence-electron chi connectivity index (χ0n) is 13.4. The van der Waals surface area contributed by atoms with E-state index in [0.29, 0.717) is 17.0 Å². The Morgan fingerprint density at radius 2 is 1.76 bits per heavy atom. The number of amides is 1. The van der Waals surface area contributed by atoms with Crippen molar-refractivity contribution in [3.8, 4) is 5.75 Å². The number of anilines is 1. The van der Waals surface area contributed by atoms with Crippen LogP contribution in [-0.2, 0) is 9.84 Å². The van der Waals surface area contributed by atoms with Gasteiger partial charge in [0, 0.05) is 16.7 Å². The van der Waals surface area contributed by atoms with Crippen LogP contribution >= 0.6 is 0 Å². The predicted molar refractivity (Wildman–Crippen MR) is 92.9 cm³/mol. The van der Waals surface area contributed by atoms with Crippen molar-refractivity contribution in [1.29, 1.82) is 0 Å². The fraction of sp³-hybridized carbons (Fsp3) is 0.167. The van der Waals surface area contributed by atoms with E-state index in [2.05, 4.69) is 0 Å². The van der Waals surface area contributed by atoms with E-state index in [9.17, 15) is 17.6 Å². The summed E-state index contributed by atoms with van der Waals surface area (Å²) in [7, 11) is -1.83. The molecule has 1 atom stereocenters. The lowest BCUT2D eigenvalue weighted by molar-refractivity contribution is 0.0983. The van der Waals surface area contributed by atoms with Crippen LogP contribution in [0, 0.1) is 5.82 Å². The van der Waals surface area contributed by atoms with E-state index >= 15 is 0 Å². The molecule has 0 N–H and O–H groups in total. The molecule has 0 aliphatic carbocycles. The van der Waals surface area contributed by atoms with E-state index in [1.807, 2.05) is 0 Å². The second kappa shape index (κ2) is 6.68. The number of nitrogens with zero attached hydrogens (tertiary/aromatic N) is 1. The Kier molecular flexibility index (Phi) is 4.59. The Hall–Kier alpha value is -2.67. The maximum atomic E-state index is 13.2. The van der Waals surface area contributed by atoms with Crippen molar-refractivity contribution in [2.45, 2.75) is 6.04 Å². The van der Waals surface area contributed by atoms with Crippen molar-refractivity contribution in [3.63, 3.8) is 0 Å². The number of ether oxygens (including phenoxy) is 1. The van der Waals surface area contributed by atoms with E-state index in [0.717, 1.165) is 5.41 Å². The summed E-state index contributed by atoms with van der Waals surface area (Å²) in [5, 5.41) is 1.11. The Morgan fingerprint density at radius 3 is 2.28 bits per heavy atom. The Bertz CT molecular complexity index is 905. The van der Waals surface area contributed by atoms with E-state index in [4.69, 9.17) is 4.74 Å². The van der Waals surface area contributed by atoms with E-state index in [1.165, 1.54) is 42.4 Å². The second-order valence-corrected chi connectivity index (χ2v) is 7.54. The third kappa shape index (κ3) is 3.71. The van der Waals surface area contributed by atoms with Gasteiger partial charge in [0.1, 0.15) is 11.6 Å². The maximum absolute atomic E-state index is 13.2. The molecule has 2 aromatic rings. The molecule has 3 rings (SSSR count). The first kappa shape index (κ1) is 17.2.